The third kappa shape index (κ3) is 2.31. The predicted octanol–water partition coefficient (Wildman–Crippen LogP) is 3.86. The van der Waals surface area contributed by atoms with Crippen LogP contribution in [0.1, 0.15) is 17.5 Å². The van der Waals surface area contributed by atoms with Crippen LogP contribution in [-0.4, -0.2) is 28.1 Å². The van der Waals surface area contributed by atoms with Gasteiger partial charge in [0, 0.05) is 30.4 Å². The number of pyridine rings is 1. The Morgan fingerprint density at radius 1 is 1.00 bits per heavy atom. The normalized spacial score (nSPS) is 17.5. The fraction of sp³-hybridized carbons (Fsp3) is 0.176. The third-order valence-electron chi connectivity index (χ3n) is 3.76. The quantitative estimate of drug-likeness (QED) is 0.843. The van der Waals surface area contributed by atoms with Gasteiger partial charge in [-0.15, -0.1) is 0 Å². The SMILES string of the molecule is Fc1ccc(C2=C(c3ccncc3)SC3=NCCCN32)cc1. The van der Waals surface area contributed by atoms with E-state index < -0.39 is 0 Å². The Morgan fingerprint density at radius 3 is 2.55 bits per heavy atom. The summed E-state index contributed by atoms with van der Waals surface area (Å²) in [4.78, 5) is 12.1. The van der Waals surface area contributed by atoms with Crippen molar-refractivity contribution in [2.45, 2.75) is 6.42 Å². The maximum absolute atomic E-state index is 13.3. The lowest BCUT2D eigenvalue weighted by Crippen LogP contribution is -2.28. The number of benzene rings is 1. The van der Waals surface area contributed by atoms with Crippen LogP contribution in [-0.2, 0) is 0 Å². The van der Waals surface area contributed by atoms with Crippen molar-refractivity contribution in [1.82, 2.24) is 9.88 Å². The van der Waals surface area contributed by atoms with Crippen LogP contribution in [0, 0.1) is 5.82 Å². The predicted molar refractivity (Wildman–Crippen MR) is 88.7 cm³/mol. The monoisotopic (exact) mass is 311 g/mol. The summed E-state index contributed by atoms with van der Waals surface area (Å²) in [5.74, 6) is -0.215. The molecule has 0 atom stereocenters. The summed E-state index contributed by atoms with van der Waals surface area (Å²) >= 11 is 1.69. The number of rotatable bonds is 2. The standard InChI is InChI=1S/C17H14FN3S/c18-14-4-2-12(3-5-14)15-16(13-6-9-19-10-7-13)22-17-20-8-1-11-21(15)17/h2-7,9-10H,1,8,11H2. The van der Waals surface area contributed by atoms with Crippen LogP contribution in [0.5, 0.6) is 0 Å². The summed E-state index contributed by atoms with van der Waals surface area (Å²) in [5, 5.41) is 1.04. The van der Waals surface area contributed by atoms with Gasteiger partial charge in [-0.05, 0) is 65.7 Å². The first kappa shape index (κ1) is 13.5. The number of fused-ring (bicyclic) bond motifs is 1. The number of hydrogen-bond donors (Lipinski definition) is 0. The van der Waals surface area contributed by atoms with Gasteiger partial charge in [0.15, 0.2) is 5.17 Å². The molecule has 0 fully saturated rings. The Labute approximate surface area is 132 Å². The molecule has 0 saturated heterocycles. The number of aliphatic imine (C=N–C) groups is 1. The molecule has 2 aliphatic rings. The maximum Gasteiger partial charge on any atom is 0.168 e. The van der Waals surface area contributed by atoms with Gasteiger partial charge in [-0.25, -0.2) is 4.39 Å². The first-order chi connectivity index (χ1) is 10.8. The van der Waals surface area contributed by atoms with E-state index in [1.165, 1.54) is 12.1 Å². The van der Waals surface area contributed by atoms with Crippen molar-refractivity contribution >= 4 is 27.5 Å². The van der Waals surface area contributed by atoms with E-state index in [0.717, 1.165) is 46.4 Å². The van der Waals surface area contributed by atoms with Crippen LogP contribution in [0.15, 0.2) is 53.8 Å². The number of halogens is 1. The number of amidine groups is 1. The van der Waals surface area contributed by atoms with E-state index in [-0.39, 0.29) is 5.82 Å². The highest BCUT2D eigenvalue weighted by atomic mass is 32.2. The highest BCUT2D eigenvalue weighted by Crippen LogP contribution is 2.46. The Balaban J connectivity index is 1.88. The minimum atomic E-state index is -0.215. The molecule has 110 valence electrons. The fourth-order valence-corrected chi connectivity index (χ4v) is 3.94. The highest BCUT2D eigenvalue weighted by molar-refractivity contribution is 8.22. The zero-order chi connectivity index (χ0) is 14.9. The van der Waals surface area contributed by atoms with Crippen molar-refractivity contribution in [2.75, 3.05) is 13.1 Å². The number of thioether (sulfide) groups is 1. The van der Waals surface area contributed by atoms with Gasteiger partial charge in [0.2, 0.25) is 0 Å². The van der Waals surface area contributed by atoms with Crippen molar-refractivity contribution < 1.29 is 4.39 Å². The Hall–Kier alpha value is -2.14. The Bertz CT molecular complexity index is 753. The van der Waals surface area contributed by atoms with Crippen LogP contribution in [0.25, 0.3) is 10.6 Å². The first-order valence-electron chi connectivity index (χ1n) is 7.23. The second kappa shape index (κ2) is 5.57. The molecule has 0 aliphatic carbocycles. The summed E-state index contributed by atoms with van der Waals surface area (Å²) in [6.07, 6.45) is 4.63. The lowest BCUT2D eigenvalue weighted by Gasteiger charge is -2.25. The Morgan fingerprint density at radius 2 is 1.77 bits per heavy atom. The summed E-state index contributed by atoms with van der Waals surface area (Å²) in [5.41, 5.74) is 3.26. The lowest BCUT2D eigenvalue weighted by atomic mass is 10.1. The lowest BCUT2D eigenvalue weighted by molar-refractivity contribution is 0.542. The largest absolute Gasteiger partial charge is 0.319 e. The van der Waals surface area contributed by atoms with Crippen molar-refractivity contribution in [3.8, 4) is 0 Å². The molecule has 1 aromatic carbocycles. The van der Waals surface area contributed by atoms with Gasteiger partial charge in [-0.2, -0.15) is 0 Å². The zero-order valence-electron chi connectivity index (χ0n) is 11.9. The highest BCUT2D eigenvalue weighted by Gasteiger charge is 2.32. The molecule has 1 aromatic heterocycles. The molecule has 0 amide bonds. The summed E-state index contributed by atoms with van der Waals surface area (Å²) in [6, 6.07) is 10.7. The van der Waals surface area contributed by atoms with Crippen LogP contribution < -0.4 is 0 Å². The summed E-state index contributed by atoms with van der Waals surface area (Å²) < 4.78 is 13.3. The van der Waals surface area contributed by atoms with Gasteiger partial charge in [-0.3, -0.25) is 9.98 Å². The average Bonchev–Trinajstić information content (AvgIpc) is 2.96. The van der Waals surface area contributed by atoms with E-state index >= 15 is 0 Å². The summed E-state index contributed by atoms with van der Waals surface area (Å²) in [6.45, 7) is 1.83. The zero-order valence-corrected chi connectivity index (χ0v) is 12.7. The first-order valence-corrected chi connectivity index (χ1v) is 8.05. The molecule has 4 rings (SSSR count). The molecule has 22 heavy (non-hydrogen) atoms. The molecular formula is C17H14FN3S. The topological polar surface area (TPSA) is 28.5 Å². The minimum Gasteiger partial charge on any atom is -0.319 e. The van der Waals surface area contributed by atoms with Gasteiger partial charge >= 0.3 is 0 Å². The molecule has 0 saturated carbocycles. The summed E-state index contributed by atoms with van der Waals surface area (Å²) in [7, 11) is 0. The second-order valence-corrected chi connectivity index (χ2v) is 6.17. The second-order valence-electron chi connectivity index (χ2n) is 5.19. The van der Waals surface area contributed by atoms with E-state index in [0.29, 0.717) is 0 Å². The fourth-order valence-electron chi connectivity index (χ4n) is 2.74. The van der Waals surface area contributed by atoms with Crippen LogP contribution in [0.2, 0.25) is 0 Å². The molecule has 0 radical (unpaired) electrons. The molecule has 2 aromatic rings. The van der Waals surface area contributed by atoms with Gasteiger partial charge in [0.1, 0.15) is 5.82 Å². The molecule has 0 N–H and O–H groups in total. The Kier molecular flexibility index (Phi) is 3.42. The maximum atomic E-state index is 13.3. The van der Waals surface area contributed by atoms with Gasteiger partial charge in [0.05, 0.1) is 5.70 Å². The molecule has 0 bridgehead atoms. The van der Waals surface area contributed by atoms with Crippen LogP contribution in [0.3, 0.4) is 0 Å². The van der Waals surface area contributed by atoms with Gasteiger partial charge in [-0.1, -0.05) is 0 Å². The molecule has 5 heteroatoms. The minimum absolute atomic E-state index is 0.215. The van der Waals surface area contributed by atoms with Crippen molar-refractivity contribution in [3.05, 3.63) is 65.7 Å². The van der Waals surface area contributed by atoms with E-state index in [1.54, 1.807) is 24.2 Å². The molecule has 0 unspecified atom stereocenters. The van der Waals surface area contributed by atoms with E-state index in [2.05, 4.69) is 14.9 Å². The molecule has 2 aliphatic heterocycles. The van der Waals surface area contributed by atoms with Crippen LogP contribution in [0.4, 0.5) is 4.39 Å². The molecular weight excluding hydrogens is 297 g/mol. The van der Waals surface area contributed by atoms with Crippen molar-refractivity contribution in [3.63, 3.8) is 0 Å². The third-order valence-corrected chi connectivity index (χ3v) is 4.92. The van der Waals surface area contributed by atoms with Gasteiger partial charge in [0.25, 0.3) is 0 Å². The van der Waals surface area contributed by atoms with E-state index in [9.17, 15) is 4.39 Å². The molecule has 3 nitrogen and oxygen atoms in total. The van der Waals surface area contributed by atoms with Crippen LogP contribution >= 0.6 is 11.8 Å². The molecule has 0 spiro atoms. The smallest absolute Gasteiger partial charge is 0.168 e. The van der Waals surface area contributed by atoms with E-state index in [4.69, 9.17) is 0 Å². The number of aromatic nitrogens is 1. The number of nitrogens with zero attached hydrogens (tertiary/aromatic N) is 3. The van der Waals surface area contributed by atoms with Gasteiger partial charge < -0.3 is 4.90 Å². The number of hydrogen-bond acceptors (Lipinski definition) is 4. The van der Waals surface area contributed by atoms with E-state index in [1.807, 2.05) is 24.3 Å². The van der Waals surface area contributed by atoms with Crippen molar-refractivity contribution in [2.24, 2.45) is 4.99 Å². The average molecular weight is 311 g/mol. The van der Waals surface area contributed by atoms with Crippen molar-refractivity contribution in [1.29, 1.82) is 0 Å². The molecule has 3 heterocycles.